The molecule has 0 spiro atoms. The Balaban J connectivity index is 1.26. The van der Waals surface area contributed by atoms with E-state index < -0.39 is 0 Å². The smallest absolute Gasteiger partial charge is 0.312 e. The number of fused-ring (bicyclic) bond motifs is 3. The standard InChI is InChI=1S/C22H22N2O3S/c25-19-8-16(23-21-24(19)17-3-1-2-4-18(17)28-21)12-27-20(26)22-9-13-5-14(10-22)7-15(6-13)11-22/h1-4,8,13-15H,5-7,9-12H2. The Morgan fingerprint density at radius 1 is 1.14 bits per heavy atom. The minimum absolute atomic E-state index is 0.0649. The van der Waals surface area contributed by atoms with Gasteiger partial charge in [0, 0.05) is 6.07 Å². The molecule has 4 aliphatic rings. The number of ether oxygens (including phenoxy) is 1. The molecule has 4 fully saturated rings. The first-order chi connectivity index (χ1) is 13.6. The van der Waals surface area contributed by atoms with Gasteiger partial charge in [0.1, 0.15) is 6.61 Å². The van der Waals surface area contributed by atoms with Crippen LogP contribution in [0.25, 0.3) is 15.2 Å². The molecule has 1 aromatic carbocycles. The van der Waals surface area contributed by atoms with Gasteiger partial charge in [-0.25, -0.2) is 4.98 Å². The van der Waals surface area contributed by atoms with Crippen LogP contribution in [0.1, 0.15) is 44.2 Å². The molecule has 4 bridgehead atoms. The molecule has 0 N–H and O–H groups in total. The summed E-state index contributed by atoms with van der Waals surface area (Å²) in [7, 11) is 0. The molecule has 6 heteroatoms. The molecule has 0 saturated heterocycles. The van der Waals surface area contributed by atoms with Crippen LogP contribution in [-0.2, 0) is 16.1 Å². The van der Waals surface area contributed by atoms with E-state index in [0.29, 0.717) is 28.4 Å². The Morgan fingerprint density at radius 2 is 1.82 bits per heavy atom. The summed E-state index contributed by atoms with van der Waals surface area (Å²) in [4.78, 5) is 30.9. The highest BCUT2D eigenvalue weighted by molar-refractivity contribution is 7.23. The molecule has 7 rings (SSSR count). The SMILES string of the molecule is O=C(OCc1cc(=O)n2c(n1)sc1ccccc12)C12CC3CC(CC(C3)C1)C2. The Kier molecular flexibility index (Phi) is 3.52. The van der Waals surface area contributed by atoms with Gasteiger partial charge < -0.3 is 4.74 Å². The molecule has 4 saturated carbocycles. The van der Waals surface area contributed by atoms with Gasteiger partial charge in [-0.1, -0.05) is 23.5 Å². The van der Waals surface area contributed by atoms with Gasteiger partial charge in [0.05, 0.1) is 21.3 Å². The van der Waals surface area contributed by atoms with Crippen molar-refractivity contribution in [1.82, 2.24) is 9.38 Å². The number of hydrogen-bond acceptors (Lipinski definition) is 5. The second-order valence-corrected chi connectivity index (χ2v) is 10.1. The molecule has 0 unspecified atom stereocenters. The normalized spacial score (nSPS) is 30.9. The monoisotopic (exact) mass is 394 g/mol. The van der Waals surface area contributed by atoms with Gasteiger partial charge in [-0.3, -0.25) is 14.0 Å². The first-order valence-electron chi connectivity index (χ1n) is 10.2. The summed E-state index contributed by atoms with van der Waals surface area (Å²) >= 11 is 1.48. The molecule has 28 heavy (non-hydrogen) atoms. The van der Waals surface area contributed by atoms with Crippen LogP contribution in [0.4, 0.5) is 0 Å². The van der Waals surface area contributed by atoms with Gasteiger partial charge in [0.15, 0.2) is 4.96 Å². The lowest BCUT2D eigenvalue weighted by atomic mass is 9.49. The Bertz CT molecular complexity index is 1130. The molecule has 3 aromatic rings. The van der Waals surface area contributed by atoms with Crippen LogP contribution in [0.2, 0.25) is 0 Å². The van der Waals surface area contributed by atoms with E-state index in [4.69, 9.17) is 4.74 Å². The van der Waals surface area contributed by atoms with E-state index in [0.717, 1.165) is 29.5 Å². The lowest BCUT2D eigenvalue weighted by molar-refractivity contribution is -0.173. The number of rotatable bonds is 3. The van der Waals surface area contributed by atoms with Crippen molar-refractivity contribution >= 4 is 32.5 Å². The topological polar surface area (TPSA) is 60.7 Å². The second-order valence-electron chi connectivity index (χ2n) is 9.05. The van der Waals surface area contributed by atoms with Crippen LogP contribution in [-0.4, -0.2) is 15.4 Å². The highest BCUT2D eigenvalue weighted by Gasteiger charge is 2.55. The number of carbonyl (C=O) groups is 1. The quantitative estimate of drug-likeness (QED) is 0.626. The number of carbonyl (C=O) groups excluding carboxylic acids is 1. The average Bonchev–Trinajstić information content (AvgIpc) is 3.04. The molecule has 144 valence electrons. The van der Waals surface area contributed by atoms with E-state index >= 15 is 0 Å². The van der Waals surface area contributed by atoms with Crippen molar-refractivity contribution in [2.45, 2.75) is 45.1 Å². The molecular formula is C22H22N2O3S. The molecule has 5 nitrogen and oxygen atoms in total. The van der Waals surface area contributed by atoms with Gasteiger partial charge in [0.2, 0.25) is 0 Å². The van der Waals surface area contributed by atoms with Crippen molar-refractivity contribution in [3.05, 3.63) is 46.4 Å². The van der Waals surface area contributed by atoms with Crippen molar-refractivity contribution in [3.8, 4) is 0 Å². The van der Waals surface area contributed by atoms with E-state index in [-0.39, 0.29) is 23.6 Å². The molecule has 0 atom stereocenters. The predicted octanol–water partition coefficient (Wildman–Crippen LogP) is 4.17. The molecule has 0 amide bonds. The maximum Gasteiger partial charge on any atom is 0.312 e. The zero-order valence-electron chi connectivity index (χ0n) is 15.6. The van der Waals surface area contributed by atoms with Crippen molar-refractivity contribution < 1.29 is 9.53 Å². The van der Waals surface area contributed by atoms with Crippen LogP contribution in [0.3, 0.4) is 0 Å². The van der Waals surface area contributed by atoms with Gasteiger partial charge >= 0.3 is 5.97 Å². The summed E-state index contributed by atoms with van der Waals surface area (Å²) in [6, 6.07) is 9.29. The van der Waals surface area contributed by atoms with Crippen molar-refractivity contribution in [2.75, 3.05) is 0 Å². The largest absolute Gasteiger partial charge is 0.459 e. The van der Waals surface area contributed by atoms with Gasteiger partial charge in [0.25, 0.3) is 5.56 Å². The van der Waals surface area contributed by atoms with Crippen LogP contribution >= 0.6 is 11.3 Å². The van der Waals surface area contributed by atoms with Crippen molar-refractivity contribution in [3.63, 3.8) is 0 Å². The van der Waals surface area contributed by atoms with Crippen LogP contribution in [0, 0.1) is 23.2 Å². The van der Waals surface area contributed by atoms with E-state index in [1.807, 2.05) is 24.3 Å². The first-order valence-corrected chi connectivity index (χ1v) is 11.0. The first kappa shape index (κ1) is 16.7. The van der Waals surface area contributed by atoms with Crippen LogP contribution in [0.15, 0.2) is 35.1 Å². The Hall–Kier alpha value is -2.21. The lowest BCUT2D eigenvalue weighted by Gasteiger charge is -2.55. The van der Waals surface area contributed by atoms with Crippen LogP contribution in [0.5, 0.6) is 0 Å². The lowest BCUT2D eigenvalue weighted by Crippen LogP contribution is -2.50. The Labute approximate surface area is 166 Å². The molecule has 0 radical (unpaired) electrons. The number of para-hydroxylation sites is 1. The molecular weight excluding hydrogens is 372 g/mol. The van der Waals surface area contributed by atoms with Crippen molar-refractivity contribution in [1.29, 1.82) is 0 Å². The highest BCUT2D eigenvalue weighted by atomic mass is 32.1. The maximum atomic E-state index is 13.0. The minimum Gasteiger partial charge on any atom is -0.459 e. The third-order valence-electron chi connectivity index (χ3n) is 7.07. The van der Waals surface area contributed by atoms with Gasteiger partial charge in [-0.15, -0.1) is 0 Å². The molecule has 0 aliphatic heterocycles. The van der Waals surface area contributed by atoms with E-state index in [1.54, 1.807) is 4.40 Å². The highest BCUT2D eigenvalue weighted by Crippen LogP contribution is 2.60. The van der Waals surface area contributed by atoms with E-state index in [9.17, 15) is 9.59 Å². The third-order valence-corrected chi connectivity index (χ3v) is 8.09. The summed E-state index contributed by atoms with van der Waals surface area (Å²) in [5, 5.41) is 0. The molecule has 2 heterocycles. The zero-order valence-corrected chi connectivity index (χ0v) is 16.4. The fourth-order valence-electron chi connectivity index (χ4n) is 6.35. The average molecular weight is 394 g/mol. The number of thiazole rings is 1. The summed E-state index contributed by atoms with van der Waals surface area (Å²) in [6.45, 7) is 0.0839. The fraction of sp³-hybridized carbons (Fsp3) is 0.500. The summed E-state index contributed by atoms with van der Waals surface area (Å²) in [6.07, 6.45) is 6.87. The minimum atomic E-state index is -0.272. The maximum absolute atomic E-state index is 13.0. The summed E-state index contributed by atoms with van der Waals surface area (Å²) in [5.74, 6) is 2.05. The number of benzene rings is 1. The summed E-state index contributed by atoms with van der Waals surface area (Å²) < 4.78 is 8.40. The summed E-state index contributed by atoms with van der Waals surface area (Å²) in [5.41, 5.74) is 1.01. The zero-order chi connectivity index (χ0) is 18.9. The van der Waals surface area contributed by atoms with E-state index in [1.165, 1.54) is 36.7 Å². The number of esters is 1. The predicted molar refractivity (Wildman–Crippen MR) is 107 cm³/mol. The number of nitrogens with zero attached hydrogens (tertiary/aromatic N) is 2. The van der Waals surface area contributed by atoms with Crippen molar-refractivity contribution in [2.24, 2.45) is 23.2 Å². The molecule has 2 aromatic heterocycles. The Morgan fingerprint density at radius 3 is 2.54 bits per heavy atom. The van der Waals surface area contributed by atoms with Crippen LogP contribution < -0.4 is 5.56 Å². The van der Waals surface area contributed by atoms with Gasteiger partial charge in [-0.2, -0.15) is 0 Å². The third kappa shape index (κ3) is 2.47. The number of hydrogen-bond donors (Lipinski definition) is 0. The van der Waals surface area contributed by atoms with Gasteiger partial charge in [-0.05, 0) is 68.4 Å². The molecule has 4 aliphatic carbocycles. The second kappa shape index (κ2) is 5.89. The number of aromatic nitrogens is 2. The fourth-order valence-corrected chi connectivity index (χ4v) is 7.40. The van der Waals surface area contributed by atoms with E-state index in [2.05, 4.69) is 4.98 Å².